The molecule has 0 aliphatic carbocycles. The minimum absolute atomic E-state index is 0.0170. The molecule has 0 spiro atoms. The first kappa shape index (κ1) is 35.8. The van der Waals surface area contributed by atoms with Crippen LogP contribution in [0, 0.1) is 41.5 Å². The van der Waals surface area contributed by atoms with E-state index in [0.717, 1.165) is 54.9 Å². The fourth-order valence-corrected chi connectivity index (χ4v) is 5.86. The van der Waals surface area contributed by atoms with Crippen molar-refractivity contribution in [2.24, 2.45) is 0 Å². The molecule has 0 unspecified atom stereocenters. The van der Waals surface area contributed by atoms with Crippen molar-refractivity contribution < 1.29 is 24.6 Å². The second kappa shape index (κ2) is 16.2. The van der Waals surface area contributed by atoms with Gasteiger partial charge in [-0.3, -0.25) is 14.7 Å². The number of likely N-dealkylation sites (tertiary alicyclic amines) is 1. The quantitative estimate of drug-likeness (QED) is 0.171. The maximum atomic E-state index is 13.2. The highest BCUT2D eigenvalue weighted by molar-refractivity contribution is 5.95. The normalized spacial score (nSPS) is 13.5. The zero-order valence-electron chi connectivity index (χ0n) is 28.6. The van der Waals surface area contributed by atoms with Crippen molar-refractivity contribution in [3.63, 3.8) is 0 Å². The first-order valence-electron chi connectivity index (χ1n) is 16.2. The van der Waals surface area contributed by atoms with Gasteiger partial charge in [-0.2, -0.15) is 0 Å². The number of nitrogens with zero attached hydrogens (tertiary/aromatic N) is 2. The molecule has 3 N–H and O–H groups in total. The molecular weight excluding hydrogens is 602 g/mol. The summed E-state index contributed by atoms with van der Waals surface area (Å²) in [6.45, 7) is 15.8. The van der Waals surface area contributed by atoms with Gasteiger partial charge in [-0.05, 0) is 141 Å². The number of carbonyl (C=O) groups is 3. The fourth-order valence-electron chi connectivity index (χ4n) is 5.86. The third-order valence-electron chi connectivity index (χ3n) is 9.13. The molecule has 4 aromatic rings. The highest BCUT2D eigenvalue weighted by atomic mass is 16.4. The van der Waals surface area contributed by atoms with Gasteiger partial charge in [-0.1, -0.05) is 24.3 Å². The van der Waals surface area contributed by atoms with Crippen molar-refractivity contribution in [3.05, 3.63) is 124 Å². The average molecular weight is 648 g/mol. The van der Waals surface area contributed by atoms with E-state index in [1.54, 1.807) is 0 Å². The van der Waals surface area contributed by atoms with Crippen LogP contribution in [-0.4, -0.2) is 57.1 Å². The highest BCUT2D eigenvalue weighted by Gasteiger charge is 2.22. The molecule has 0 saturated carbocycles. The number of aromatic nitrogens is 1. The molecule has 1 aromatic heterocycles. The highest BCUT2D eigenvalue weighted by Crippen LogP contribution is 2.27. The van der Waals surface area contributed by atoms with Gasteiger partial charge in [0.2, 0.25) is 0 Å². The van der Waals surface area contributed by atoms with Gasteiger partial charge in [0, 0.05) is 55.2 Å². The molecule has 0 radical (unpaired) electrons. The lowest BCUT2D eigenvalue weighted by Gasteiger charge is -2.32. The number of carboxylic acid groups (broad SMARTS) is 2. The smallest absolute Gasteiger partial charge is 0.328 e. The number of pyridine rings is 1. The van der Waals surface area contributed by atoms with E-state index < -0.39 is 11.9 Å². The number of aliphatic carboxylic acids is 2. The van der Waals surface area contributed by atoms with E-state index >= 15 is 0 Å². The van der Waals surface area contributed by atoms with Gasteiger partial charge in [0.15, 0.2) is 0 Å². The van der Waals surface area contributed by atoms with Crippen LogP contribution in [0.3, 0.4) is 0 Å². The van der Waals surface area contributed by atoms with Crippen LogP contribution >= 0.6 is 0 Å². The molecule has 0 atom stereocenters. The van der Waals surface area contributed by atoms with E-state index in [1.165, 1.54) is 44.5 Å². The lowest BCUT2D eigenvalue weighted by Crippen LogP contribution is -2.44. The Morgan fingerprint density at radius 3 is 1.83 bits per heavy atom. The minimum Gasteiger partial charge on any atom is -0.478 e. The first-order valence-corrected chi connectivity index (χ1v) is 16.2. The number of benzene rings is 3. The van der Waals surface area contributed by atoms with Crippen molar-refractivity contribution in [1.29, 1.82) is 0 Å². The molecule has 3 aromatic carbocycles. The number of amides is 1. The Morgan fingerprint density at radius 1 is 0.750 bits per heavy atom. The van der Waals surface area contributed by atoms with Gasteiger partial charge in [-0.25, -0.2) is 9.59 Å². The molecule has 8 nitrogen and oxygen atoms in total. The van der Waals surface area contributed by atoms with Crippen molar-refractivity contribution in [3.8, 4) is 22.4 Å². The number of hydrogen-bond donors (Lipinski definition) is 3. The van der Waals surface area contributed by atoms with E-state index in [9.17, 15) is 14.4 Å². The van der Waals surface area contributed by atoms with Gasteiger partial charge >= 0.3 is 11.9 Å². The maximum absolute atomic E-state index is 13.2. The van der Waals surface area contributed by atoms with E-state index in [2.05, 4.69) is 99.2 Å². The number of aryl methyl sites for hydroxylation is 4. The molecule has 8 heteroatoms. The Kier molecular flexibility index (Phi) is 12.0. The molecule has 1 aliphatic rings. The van der Waals surface area contributed by atoms with Crippen LogP contribution in [0.15, 0.2) is 79.0 Å². The van der Waals surface area contributed by atoms with Crippen LogP contribution in [0.5, 0.6) is 0 Å². The molecule has 48 heavy (non-hydrogen) atoms. The molecule has 1 aliphatic heterocycles. The van der Waals surface area contributed by atoms with Gasteiger partial charge in [0.05, 0.1) is 5.69 Å². The summed E-state index contributed by atoms with van der Waals surface area (Å²) in [4.78, 5) is 39.4. The van der Waals surface area contributed by atoms with Gasteiger partial charge in [0.25, 0.3) is 5.91 Å². The van der Waals surface area contributed by atoms with Crippen LogP contribution in [-0.2, 0) is 16.1 Å². The van der Waals surface area contributed by atoms with Crippen LogP contribution in [0.1, 0.15) is 62.1 Å². The third kappa shape index (κ3) is 9.72. The van der Waals surface area contributed by atoms with E-state index in [0.29, 0.717) is 12.2 Å². The Labute approximate surface area is 283 Å². The zero-order valence-corrected chi connectivity index (χ0v) is 28.6. The van der Waals surface area contributed by atoms with Crippen LogP contribution in [0.4, 0.5) is 0 Å². The van der Waals surface area contributed by atoms with Gasteiger partial charge in [0.1, 0.15) is 0 Å². The Bertz CT molecular complexity index is 1770. The molecule has 250 valence electrons. The second-order valence-electron chi connectivity index (χ2n) is 12.6. The summed E-state index contributed by atoms with van der Waals surface area (Å²) in [5, 5.41) is 18.9. The summed E-state index contributed by atoms with van der Waals surface area (Å²) in [7, 11) is 0. The standard InChI is InChI=1S/C36H41N3O.C4H4O4/c1-23-16-32(17-24(2)27(23)5)30-8-7-9-31(21-30)36(40)38-34-11-14-39(15-12-34)22-29-10-13-37-35(20-29)33-18-25(3)28(6)26(4)19-33;5-3(6)1-2-4(7)8/h7-10,13,16-21,34H,11-12,14-15,22H2,1-6H3,(H,38,40);1-2H,(H,5,6)(H,7,8)/b;2-1-. The lowest BCUT2D eigenvalue weighted by molar-refractivity contribution is -0.134. The van der Waals surface area contributed by atoms with Crippen LogP contribution < -0.4 is 5.32 Å². The minimum atomic E-state index is -1.26. The first-order chi connectivity index (χ1) is 22.8. The summed E-state index contributed by atoms with van der Waals surface area (Å²) in [6.07, 6.45) is 4.95. The summed E-state index contributed by atoms with van der Waals surface area (Å²) in [6, 6.07) is 21.4. The van der Waals surface area contributed by atoms with Gasteiger partial charge < -0.3 is 15.5 Å². The zero-order chi connectivity index (χ0) is 35.0. The molecular formula is C40H45N3O5. The molecule has 0 bridgehead atoms. The summed E-state index contributed by atoms with van der Waals surface area (Å²) >= 11 is 0. The molecule has 5 rings (SSSR count). The maximum Gasteiger partial charge on any atom is 0.328 e. The summed E-state index contributed by atoms with van der Waals surface area (Å²) in [5.74, 6) is -2.50. The number of carboxylic acids is 2. The van der Waals surface area contributed by atoms with Crippen molar-refractivity contribution >= 4 is 17.8 Å². The Morgan fingerprint density at radius 2 is 1.29 bits per heavy atom. The molecule has 2 heterocycles. The van der Waals surface area contributed by atoms with Crippen LogP contribution in [0.2, 0.25) is 0 Å². The number of piperidine rings is 1. The van der Waals surface area contributed by atoms with E-state index in [1.807, 2.05) is 24.4 Å². The Balaban J connectivity index is 0.000000579. The lowest BCUT2D eigenvalue weighted by atomic mass is 9.95. The summed E-state index contributed by atoms with van der Waals surface area (Å²) < 4.78 is 0. The van der Waals surface area contributed by atoms with Crippen LogP contribution in [0.25, 0.3) is 22.4 Å². The molecule has 1 saturated heterocycles. The largest absolute Gasteiger partial charge is 0.478 e. The topological polar surface area (TPSA) is 120 Å². The predicted octanol–water partition coefficient (Wildman–Crippen LogP) is 7.37. The van der Waals surface area contributed by atoms with Crippen molar-refractivity contribution in [2.45, 2.75) is 67.0 Å². The average Bonchev–Trinajstić information content (AvgIpc) is 3.06. The Hall–Kier alpha value is -5.08. The number of hydrogen-bond acceptors (Lipinski definition) is 5. The third-order valence-corrected chi connectivity index (χ3v) is 9.13. The SMILES string of the molecule is Cc1cc(-c2cccc(C(=O)NC3CCN(Cc4ccnc(-c5cc(C)c(C)c(C)c5)c4)CC3)c2)cc(C)c1C.O=C(O)/C=C\C(=O)O. The van der Waals surface area contributed by atoms with Gasteiger partial charge in [-0.15, -0.1) is 0 Å². The molecule has 1 amide bonds. The number of nitrogens with one attached hydrogen (secondary N) is 1. The molecule has 1 fully saturated rings. The number of rotatable bonds is 8. The monoisotopic (exact) mass is 647 g/mol. The van der Waals surface area contributed by atoms with E-state index in [-0.39, 0.29) is 11.9 Å². The fraction of sp³-hybridized carbons (Fsp3) is 0.300. The second-order valence-corrected chi connectivity index (χ2v) is 12.6. The predicted molar refractivity (Wildman–Crippen MR) is 190 cm³/mol. The van der Waals surface area contributed by atoms with E-state index in [4.69, 9.17) is 10.2 Å². The van der Waals surface area contributed by atoms with Crippen molar-refractivity contribution in [2.75, 3.05) is 13.1 Å². The summed E-state index contributed by atoms with van der Waals surface area (Å²) in [5.41, 5.74) is 14.3. The number of carbonyl (C=O) groups excluding carboxylic acids is 1. The van der Waals surface area contributed by atoms with Crippen molar-refractivity contribution in [1.82, 2.24) is 15.2 Å².